The second-order valence-electron chi connectivity index (χ2n) is 8.43. The predicted octanol–water partition coefficient (Wildman–Crippen LogP) is 4.02. The topological polar surface area (TPSA) is 131 Å². The molecule has 35 heavy (non-hydrogen) atoms. The maximum Gasteiger partial charge on any atom is 0.323 e. The normalized spacial score (nSPS) is 12.4. The molecule has 1 rings (SSSR count). The van der Waals surface area contributed by atoms with Gasteiger partial charge in [-0.1, -0.05) is 39.7 Å². The summed E-state index contributed by atoms with van der Waals surface area (Å²) >= 11 is 0. The quantitative estimate of drug-likeness (QED) is 0.268. The fourth-order valence-electron chi connectivity index (χ4n) is 2.98. The van der Waals surface area contributed by atoms with E-state index in [1.54, 1.807) is 13.0 Å². The first-order chi connectivity index (χ1) is 16.7. The Balaban J connectivity index is 2.84. The first kappa shape index (κ1) is 30.1. The third kappa shape index (κ3) is 12.4. The van der Waals surface area contributed by atoms with Gasteiger partial charge in [0.1, 0.15) is 18.8 Å². The average molecular weight is 494 g/mol. The largest absolute Gasteiger partial charge is 0.462 e. The van der Waals surface area contributed by atoms with E-state index in [1.807, 2.05) is 20.8 Å². The fraction of sp³-hybridized carbons (Fsp3) is 0.615. The summed E-state index contributed by atoms with van der Waals surface area (Å²) in [7, 11) is 0. The molecule has 0 aliphatic carbocycles. The van der Waals surface area contributed by atoms with Gasteiger partial charge in [-0.25, -0.2) is 0 Å². The average Bonchev–Trinajstić information content (AvgIpc) is 2.81. The van der Waals surface area contributed by atoms with Gasteiger partial charge in [0.25, 0.3) is 0 Å². The van der Waals surface area contributed by atoms with Gasteiger partial charge in [-0.2, -0.15) is 0 Å². The molecule has 0 aliphatic heterocycles. The summed E-state index contributed by atoms with van der Waals surface area (Å²) in [5.41, 5.74) is 6.62. The van der Waals surface area contributed by atoms with Gasteiger partial charge in [-0.05, 0) is 50.3 Å². The zero-order chi connectivity index (χ0) is 26.2. The van der Waals surface area contributed by atoms with Gasteiger partial charge >= 0.3 is 23.9 Å². The monoisotopic (exact) mass is 493 g/mol. The van der Waals surface area contributed by atoms with Crippen LogP contribution in [0.15, 0.2) is 18.2 Å². The van der Waals surface area contributed by atoms with E-state index in [0.717, 1.165) is 12.8 Å². The molecule has 2 N–H and O–H groups in total. The standard InChI is InChI=1S/C26H39NO8/c1-5-8-11-24(29)34-21-14-13-19(16-22(21)35-25(30)12-9-6-2)15-20(27)26(31)33-18(4)17-32-23(28)10-7-3/h13-14,16,18,20H,5-12,15,17,27H2,1-4H3/t18-,20-/m0/s1. The van der Waals surface area contributed by atoms with E-state index < -0.39 is 30.1 Å². The molecule has 9 heteroatoms. The Morgan fingerprint density at radius 1 is 0.829 bits per heavy atom. The van der Waals surface area contributed by atoms with Gasteiger partial charge in [0, 0.05) is 19.3 Å². The molecule has 0 radical (unpaired) electrons. The van der Waals surface area contributed by atoms with Crippen molar-refractivity contribution in [1.82, 2.24) is 0 Å². The highest BCUT2D eigenvalue weighted by Gasteiger charge is 2.21. The van der Waals surface area contributed by atoms with Gasteiger partial charge in [0.05, 0.1) is 0 Å². The van der Waals surface area contributed by atoms with Crippen molar-refractivity contribution in [3.63, 3.8) is 0 Å². The van der Waals surface area contributed by atoms with Gasteiger partial charge in [0.15, 0.2) is 11.5 Å². The minimum atomic E-state index is -0.995. The molecule has 1 aromatic carbocycles. The minimum absolute atomic E-state index is 0.0484. The highest BCUT2D eigenvalue weighted by atomic mass is 16.6. The molecular formula is C26H39NO8. The van der Waals surface area contributed by atoms with E-state index in [2.05, 4.69) is 0 Å². The molecule has 0 bridgehead atoms. The second-order valence-corrected chi connectivity index (χ2v) is 8.43. The number of unbranched alkanes of at least 4 members (excludes halogenated alkanes) is 2. The molecular weight excluding hydrogens is 454 g/mol. The SMILES string of the molecule is CCCCC(=O)Oc1ccc(C[C@H](N)C(=O)O[C@@H](C)COC(=O)CCC)cc1OC(=O)CCCC. The Morgan fingerprint density at radius 2 is 1.43 bits per heavy atom. The summed E-state index contributed by atoms with van der Waals surface area (Å²) in [6.07, 6.45) is 3.96. The van der Waals surface area contributed by atoms with Crippen LogP contribution in [-0.4, -0.2) is 42.6 Å². The highest BCUT2D eigenvalue weighted by molar-refractivity contribution is 5.77. The van der Waals surface area contributed by atoms with Crippen molar-refractivity contribution in [2.45, 2.75) is 97.6 Å². The molecule has 0 aliphatic rings. The van der Waals surface area contributed by atoms with Crippen molar-refractivity contribution < 1.29 is 38.1 Å². The van der Waals surface area contributed by atoms with E-state index >= 15 is 0 Å². The van der Waals surface area contributed by atoms with Crippen LogP contribution in [0.1, 0.15) is 84.6 Å². The van der Waals surface area contributed by atoms with E-state index in [0.29, 0.717) is 31.2 Å². The zero-order valence-corrected chi connectivity index (χ0v) is 21.3. The molecule has 1 aromatic rings. The van der Waals surface area contributed by atoms with Gasteiger partial charge < -0.3 is 24.7 Å². The zero-order valence-electron chi connectivity index (χ0n) is 21.3. The Labute approximate surface area is 207 Å². The van der Waals surface area contributed by atoms with Crippen molar-refractivity contribution in [3.8, 4) is 11.5 Å². The first-order valence-electron chi connectivity index (χ1n) is 12.4. The van der Waals surface area contributed by atoms with Crippen LogP contribution in [0.2, 0.25) is 0 Å². The maximum absolute atomic E-state index is 12.4. The molecule has 196 valence electrons. The number of esters is 4. The van der Waals surface area contributed by atoms with Gasteiger partial charge in [-0.15, -0.1) is 0 Å². The molecule has 0 spiro atoms. The molecule has 0 saturated carbocycles. The molecule has 0 fully saturated rings. The summed E-state index contributed by atoms with van der Waals surface area (Å²) < 4.78 is 21.2. The first-order valence-corrected chi connectivity index (χ1v) is 12.4. The van der Waals surface area contributed by atoms with Crippen LogP contribution in [0.25, 0.3) is 0 Å². The number of benzene rings is 1. The Kier molecular flexibility index (Phi) is 14.3. The number of hydrogen-bond acceptors (Lipinski definition) is 9. The molecule has 0 aromatic heterocycles. The molecule has 0 heterocycles. The predicted molar refractivity (Wildman–Crippen MR) is 130 cm³/mol. The Bertz CT molecular complexity index is 839. The Hall–Kier alpha value is -2.94. The molecule has 0 amide bonds. The number of carbonyl (C=O) groups is 4. The van der Waals surface area contributed by atoms with E-state index in [4.69, 9.17) is 24.7 Å². The molecule has 0 saturated heterocycles. The van der Waals surface area contributed by atoms with Crippen molar-refractivity contribution in [2.24, 2.45) is 5.73 Å². The number of ether oxygens (including phenoxy) is 4. The summed E-state index contributed by atoms with van der Waals surface area (Å²) in [6, 6.07) is 3.71. The van der Waals surface area contributed by atoms with Crippen LogP contribution in [0.3, 0.4) is 0 Å². The lowest BCUT2D eigenvalue weighted by Gasteiger charge is -2.17. The number of nitrogens with two attached hydrogens (primary N) is 1. The second kappa shape index (κ2) is 16.6. The third-order valence-corrected chi connectivity index (χ3v) is 4.93. The lowest BCUT2D eigenvalue weighted by Crippen LogP contribution is -2.37. The van der Waals surface area contributed by atoms with Crippen LogP contribution in [0.5, 0.6) is 11.5 Å². The van der Waals surface area contributed by atoms with Crippen molar-refractivity contribution in [1.29, 1.82) is 0 Å². The molecule has 2 atom stereocenters. The summed E-state index contributed by atoms with van der Waals surface area (Å²) in [4.78, 5) is 48.1. The third-order valence-electron chi connectivity index (χ3n) is 4.93. The van der Waals surface area contributed by atoms with Gasteiger partial charge in [0.2, 0.25) is 0 Å². The fourth-order valence-corrected chi connectivity index (χ4v) is 2.98. The number of carbonyl (C=O) groups excluding carboxylic acids is 4. The highest BCUT2D eigenvalue weighted by Crippen LogP contribution is 2.30. The van der Waals surface area contributed by atoms with Crippen LogP contribution in [0, 0.1) is 0 Å². The lowest BCUT2D eigenvalue weighted by molar-refractivity contribution is -0.159. The van der Waals surface area contributed by atoms with Crippen molar-refractivity contribution in [3.05, 3.63) is 23.8 Å². The van der Waals surface area contributed by atoms with E-state index in [-0.39, 0.29) is 43.3 Å². The number of hydrogen-bond donors (Lipinski definition) is 1. The maximum atomic E-state index is 12.4. The smallest absolute Gasteiger partial charge is 0.323 e. The van der Waals surface area contributed by atoms with Crippen LogP contribution in [-0.2, 0) is 35.1 Å². The van der Waals surface area contributed by atoms with E-state index in [1.165, 1.54) is 12.1 Å². The van der Waals surface area contributed by atoms with Crippen LogP contribution >= 0.6 is 0 Å². The van der Waals surface area contributed by atoms with Crippen LogP contribution < -0.4 is 15.2 Å². The number of rotatable bonds is 16. The summed E-state index contributed by atoms with van der Waals surface area (Å²) in [5.74, 6) is -1.62. The van der Waals surface area contributed by atoms with Crippen LogP contribution in [0.4, 0.5) is 0 Å². The minimum Gasteiger partial charge on any atom is -0.462 e. The summed E-state index contributed by atoms with van der Waals surface area (Å²) in [5, 5.41) is 0. The van der Waals surface area contributed by atoms with Crippen molar-refractivity contribution >= 4 is 23.9 Å². The Morgan fingerprint density at radius 3 is 2.00 bits per heavy atom. The lowest BCUT2D eigenvalue weighted by atomic mass is 10.1. The molecule has 0 unspecified atom stereocenters. The summed E-state index contributed by atoms with van der Waals surface area (Å²) in [6.45, 7) is 7.36. The molecule has 9 nitrogen and oxygen atoms in total. The van der Waals surface area contributed by atoms with Crippen molar-refractivity contribution in [2.75, 3.05) is 6.61 Å². The van der Waals surface area contributed by atoms with E-state index in [9.17, 15) is 19.2 Å². The van der Waals surface area contributed by atoms with Gasteiger partial charge in [-0.3, -0.25) is 19.2 Å².